The zero-order chi connectivity index (χ0) is 19.7. The fraction of sp³-hybridized carbons (Fsp3) is 0.308. The number of anilines is 3. The van der Waals surface area contributed by atoms with Crippen molar-refractivity contribution in [2.24, 2.45) is 0 Å². The van der Waals surface area contributed by atoms with Crippen LogP contribution in [0.1, 0.15) is 29.5 Å². The van der Waals surface area contributed by atoms with Crippen LogP contribution in [0.15, 0.2) is 60.7 Å². The highest BCUT2D eigenvalue weighted by Crippen LogP contribution is 2.41. The third-order valence-electron chi connectivity index (χ3n) is 6.00. The maximum atomic E-state index is 2.57. The van der Waals surface area contributed by atoms with Gasteiger partial charge in [0.2, 0.25) is 0 Å². The van der Waals surface area contributed by atoms with Gasteiger partial charge in [-0.2, -0.15) is 0 Å². The fourth-order valence-electron chi connectivity index (χ4n) is 4.86. The third kappa shape index (κ3) is 3.28. The first kappa shape index (κ1) is 18.6. The molecule has 4 rings (SSSR count). The Labute approximate surface area is 169 Å². The van der Waals surface area contributed by atoms with E-state index in [9.17, 15) is 0 Å². The number of benzene rings is 3. The van der Waals surface area contributed by atoms with Crippen LogP contribution < -0.4 is 9.80 Å². The summed E-state index contributed by atoms with van der Waals surface area (Å²) in [6.45, 7) is 9.15. The van der Waals surface area contributed by atoms with E-state index in [2.05, 4.69) is 98.3 Å². The van der Waals surface area contributed by atoms with Crippen LogP contribution in [-0.4, -0.2) is 20.1 Å². The number of hydrogen-bond donors (Lipinski definition) is 0. The van der Waals surface area contributed by atoms with Gasteiger partial charge in [-0.3, -0.25) is 0 Å². The number of para-hydroxylation sites is 1. The van der Waals surface area contributed by atoms with Gasteiger partial charge in [0.25, 0.3) is 0 Å². The Bertz CT molecular complexity index is 969. The Morgan fingerprint density at radius 3 is 2.14 bits per heavy atom. The third-order valence-corrected chi connectivity index (χ3v) is 6.00. The van der Waals surface area contributed by atoms with E-state index in [0.717, 1.165) is 0 Å². The highest BCUT2D eigenvalue weighted by atomic mass is 15.2. The molecule has 0 spiro atoms. The second-order valence-electron chi connectivity index (χ2n) is 7.97. The standard InChI is InChI=1S/C26H30N2/c1-19-18-20(2)26(28-16-10-11-17-28)21(3)25(19)27(4)24-15-9-8-14-23(24)22-12-6-5-7-13-22/h5-9,12-15,18H,10-11,16-17H2,1-4H3. The van der Waals surface area contributed by atoms with Crippen LogP contribution in [-0.2, 0) is 0 Å². The highest BCUT2D eigenvalue weighted by Gasteiger charge is 2.22. The van der Waals surface area contributed by atoms with E-state index in [1.807, 2.05) is 0 Å². The summed E-state index contributed by atoms with van der Waals surface area (Å²) in [4.78, 5) is 4.95. The molecule has 1 heterocycles. The number of rotatable bonds is 4. The van der Waals surface area contributed by atoms with Gasteiger partial charge in [-0.15, -0.1) is 0 Å². The molecule has 0 unspecified atom stereocenters. The molecular formula is C26H30N2. The van der Waals surface area contributed by atoms with Gasteiger partial charge < -0.3 is 9.80 Å². The summed E-state index contributed by atoms with van der Waals surface area (Å²) in [7, 11) is 2.21. The Hall–Kier alpha value is -2.74. The van der Waals surface area contributed by atoms with Crippen molar-refractivity contribution >= 4 is 17.1 Å². The molecule has 1 saturated heterocycles. The molecule has 2 heteroatoms. The minimum Gasteiger partial charge on any atom is -0.371 e. The predicted molar refractivity (Wildman–Crippen MR) is 122 cm³/mol. The van der Waals surface area contributed by atoms with Crippen LogP contribution in [0.25, 0.3) is 11.1 Å². The zero-order valence-electron chi connectivity index (χ0n) is 17.5. The lowest BCUT2D eigenvalue weighted by Gasteiger charge is -2.31. The van der Waals surface area contributed by atoms with Gasteiger partial charge in [0, 0.05) is 42.8 Å². The molecule has 1 aliphatic heterocycles. The maximum absolute atomic E-state index is 2.57. The van der Waals surface area contributed by atoms with Crippen LogP contribution >= 0.6 is 0 Å². The minimum absolute atomic E-state index is 1.18. The van der Waals surface area contributed by atoms with E-state index in [0.29, 0.717) is 0 Å². The summed E-state index contributed by atoms with van der Waals surface area (Å²) in [5.74, 6) is 0. The van der Waals surface area contributed by atoms with Crippen molar-refractivity contribution in [1.29, 1.82) is 0 Å². The molecule has 0 bridgehead atoms. The molecule has 144 valence electrons. The van der Waals surface area contributed by atoms with Crippen LogP contribution in [0.4, 0.5) is 17.1 Å². The second kappa shape index (κ2) is 7.71. The van der Waals surface area contributed by atoms with Crippen molar-refractivity contribution in [1.82, 2.24) is 0 Å². The normalized spacial score (nSPS) is 13.8. The largest absolute Gasteiger partial charge is 0.371 e. The Kier molecular flexibility index (Phi) is 5.13. The topological polar surface area (TPSA) is 6.48 Å². The molecule has 0 amide bonds. The van der Waals surface area contributed by atoms with Crippen molar-refractivity contribution < 1.29 is 0 Å². The van der Waals surface area contributed by atoms with Gasteiger partial charge in [-0.05, 0) is 61.9 Å². The number of nitrogens with zero attached hydrogens (tertiary/aromatic N) is 2. The minimum atomic E-state index is 1.18. The first-order chi connectivity index (χ1) is 13.6. The fourth-order valence-corrected chi connectivity index (χ4v) is 4.86. The smallest absolute Gasteiger partial charge is 0.0488 e. The summed E-state index contributed by atoms with van der Waals surface area (Å²) < 4.78 is 0. The number of hydrogen-bond acceptors (Lipinski definition) is 2. The molecule has 0 atom stereocenters. The van der Waals surface area contributed by atoms with Crippen LogP contribution in [0.5, 0.6) is 0 Å². The lowest BCUT2D eigenvalue weighted by atomic mass is 9.98. The van der Waals surface area contributed by atoms with E-state index in [1.54, 1.807) is 0 Å². The van der Waals surface area contributed by atoms with Gasteiger partial charge in [-0.25, -0.2) is 0 Å². The van der Waals surface area contributed by atoms with Crippen molar-refractivity contribution in [2.45, 2.75) is 33.6 Å². The quantitative estimate of drug-likeness (QED) is 0.507. The Balaban J connectivity index is 1.84. The summed E-state index contributed by atoms with van der Waals surface area (Å²) in [5, 5.41) is 0. The molecular weight excluding hydrogens is 340 g/mol. The van der Waals surface area contributed by atoms with Crippen LogP contribution in [0, 0.1) is 20.8 Å². The molecule has 0 radical (unpaired) electrons. The van der Waals surface area contributed by atoms with E-state index >= 15 is 0 Å². The highest BCUT2D eigenvalue weighted by molar-refractivity contribution is 5.85. The molecule has 28 heavy (non-hydrogen) atoms. The molecule has 0 aliphatic carbocycles. The van der Waals surface area contributed by atoms with Gasteiger partial charge in [0.1, 0.15) is 0 Å². The molecule has 0 N–H and O–H groups in total. The molecule has 2 nitrogen and oxygen atoms in total. The summed E-state index contributed by atoms with van der Waals surface area (Å²) in [6.07, 6.45) is 2.60. The SMILES string of the molecule is Cc1cc(C)c(N(C)c2ccccc2-c2ccccc2)c(C)c1N1CCCC1. The van der Waals surface area contributed by atoms with Gasteiger partial charge >= 0.3 is 0 Å². The average molecular weight is 371 g/mol. The first-order valence-electron chi connectivity index (χ1n) is 10.3. The van der Waals surface area contributed by atoms with Crippen molar-refractivity contribution in [3.8, 4) is 11.1 Å². The summed E-state index contributed by atoms with van der Waals surface area (Å²) >= 11 is 0. The van der Waals surface area contributed by atoms with Crippen molar-refractivity contribution in [2.75, 3.05) is 29.9 Å². The van der Waals surface area contributed by atoms with Crippen molar-refractivity contribution in [3.05, 3.63) is 77.4 Å². The van der Waals surface area contributed by atoms with E-state index in [4.69, 9.17) is 0 Å². The van der Waals surface area contributed by atoms with Crippen LogP contribution in [0.3, 0.4) is 0 Å². The Morgan fingerprint density at radius 1 is 0.786 bits per heavy atom. The van der Waals surface area contributed by atoms with E-state index in [1.165, 1.54) is 70.8 Å². The molecule has 1 aliphatic rings. The van der Waals surface area contributed by atoms with Crippen molar-refractivity contribution in [3.63, 3.8) is 0 Å². The van der Waals surface area contributed by atoms with Gasteiger partial charge in [-0.1, -0.05) is 54.6 Å². The van der Waals surface area contributed by atoms with E-state index in [-0.39, 0.29) is 0 Å². The maximum Gasteiger partial charge on any atom is 0.0488 e. The lowest BCUT2D eigenvalue weighted by molar-refractivity contribution is 0.949. The molecule has 3 aromatic rings. The summed E-state index contributed by atoms with van der Waals surface area (Å²) in [5.41, 5.74) is 10.7. The monoisotopic (exact) mass is 370 g/mol. The molecule has 3 aromatic carbocycles. The number of aryl methyl sites for hydroxylation is 2. The molecule has 0 aromatic heterocycles. The Morgan fingerprint density at radius 2 is 1.43 bits per heavy atom. The summed E-state index contributed by atoms with van der Waals surface area (Å²) in [6, 6.07) is 21.8. The average Bonchev–Trinajstić information content (AvgIpc) is 3.22. The second-order valence-corrected chi connectivity index (χ2v) is 7.97. The zero-order valence-corrected chi connectivity index (χ0v) is 17.5. The molecule has 0 saturated carbocycles. The first-order valence-corrected chi connectivity index (χ1v) is 10.3. The lowest BCUT2D eigenvalue weighted by Crippen LogP contribution is -2.22. The predicted octanol–water partition coefficient (Wildman–Crippen LogP) is 6.65. The van der Waals surface area contributed by atoms with Gasteiger partial charge in [0.15, 0.2) is 0 Å². The van der Waals surface area contributed by atoms with E-state index < -0.39 is 0 Å². The van der Waals surface area contributed by atoms with Crippen LogP contribution in [0.2, 0.25) is 0 Å². The van der Waals surface area contributed by atoms with Gasteiger partial charge in [0.05, 0.1) is 0 Å². The molecule has 1 fully saturated rings.